The van der Waals surface area contributed by atoms with Gasteiger partial charge in [-0.15, -0.1) is 0 Å². The predicted molar refractivity (Wildman–Crippen MR) is 65.6 cm³/mol. The molecule has 1 saturated carbocycles. The maximum Gasteiger partial charge on any atom is 0.379 e. The van der Waals surface area contributed by atoms with Crippen LogP contribution in [0.2, 0.25) is 0 Å². The van der Waals surface area contributed by atoms with Gasteiger partial charge in [0.25, 0.3) is 5.78 Å². The quantitative estimate of drug-likeness (QED) is 0.440. The number of ether oxygens (including phenoxy) is 2. The SMILES string of the molecule is CCOC(=O)C(=O)c1ccc(OCC2CC2)cc1. The molecule has 1 aromatic rings. The fourth-order valence-corrected chi connectivity index (χ4v) is 1.52. The summed E-state index contributed by atoms with van der Waals surface area (Å²) in [6.45, 7) is 2.60. The Labute approximate surface area is 106 Å². The summed E-state index contributed by atoms with van der Waals surface area (Å²) in [6, 6.07) is 6.58. The highest BCUT2D eigenvalue weighted by atomic mass is 16.5. The fourth-order valence-electron chi connectivity index (χ4n) is 1.52. The van der Waals surface area contributed by atoms with Crippen molar-refractivity contribution in [2.75, 3.05) is 13.2 Å². The molecule has 4 nitrogen and oxygen atoms in total. The molecule has 1 aliphatic rings. The zero-order valence-electron chi connectivity index (χ0n) is 10.3. The molecule has 0 heterocycles. The van der Waals surface area contributed by atoms with Crippen molar-refractivity contribution in [1.82, 2.24) is 0 Å². The van der Waals surface area contributed by atoms with Crippen molar-refractivity contribution in [3.63, 3.8) is 0 Å². The lowest BCUT2D eigenvalue weighted by atomic mass is 10.1. The van der Waals surface area contributed by atoms with Crippen LogP contribution in [0.1, 0.15) is 30.1 Å². The number of rotatable bonds is 6. The van der Waals surface area contributed by atoms with Gasteiger partial charge in [0, 0.05) is 5.56 Å². The van der Waals surface area contributed by atoms with Crippen LogP contribution >= 0.6 is 0 Å². The van der Waals surface area contributed by atoms with Gasteiger partial charge >= 0.3 is 5.97 Å². The number of hydrogen-bond donors (Lipinski definition) is 0. The Morgan fingerprint density at radius 3 is 2.44 bits per heavy atom. The number of carbonyl (C=O) groups is 2. The molecular weight excluding hydrogens is 232 g/mol. The number of carbonyl (C=O) groups excluding carboxylic acids is 2. The molecular formula is C14H16O4. The van der Waals surface area contributed by atoms with Gasteiger partial charge in [0.1, 0.15) is 5.75 Å². The van der Waals surface area contributed by atoms with E-state index < -0.39 is 11.8 Å². The highest BCUT2D eigenvalue weighted by molar-refractivity contribution is 6.40. The lowest BCUT2D eigenvalue weighted by molar-refractivity contribution is -0.137. The summed E-state index contributed by atoms with van der Waals surface area (Å²) in [4.78, 5) is 22.9. The summed E-state index contributed by atoms with van der Waals surface area (Å²) in [5.74, 6) is -0.0251. The summed E-state index contributed by atoms with van der Waals surface area (Å²) in [7, 11) is 0. The molecule has 0 unspecified atom stereocenters. The topological polar surface area (TPSA) is 52.6 Å². The molecule has 0 spiro atoms. The molecule has 0 bridgehead atoms. The second-order valence-corrected chi connectivity index (χ2v) is 4.33. The molecule has 0 aliphatic heterocycles. The summed E-state index contributed by atoms with van der Waals surface area (Å²) < 4.78 is 10.2. The van der Waals surface area contributed by atoms with E-state index >= 15 is 0 Å². The summed E-state index contributed by atoms with van der Waals surface area (Å²) >= 11 is 0. The second-order valence-electron chi connectivity index (χ2n) is 4.33. The molecule has 96 valence electrons. The highest BCUT2D eigenvalue weighted by Gasteiger charge is 2.22. The molecule has 0 aromatic heterocycles. The third kappa shape index (κ3) is 3.32. The molecule has 1 aromatic carbocycles. The lowest BCUT2D eigenvalue weighted by Crippen LogP contribution is -2.17. The van der Waals surface area contributed by atoms with Crippen LogP contribution in [0.4, 0.5) is 0 Å². The Bertz CT molecular complexity index is 432. The molecule has 18 heavy (non-hydrogen) atoms. The van der Waals surface area contributed by atoms with Gasteiger partial charge in [-0.05, 0) is 49.9 Å². The van der Waals surface area contributed by atoms with E-state index in [1.165, 1.54) is 12.8 Å². The molecule has 0 atom stereocenters. The zero-order valence-corrected chi connectivity index (χ0v) is 10.3. The molecule has 1 aliphatic carbocycles. The predicted octanol–water partition coefficient (Wildman–Crippen LogP) is 2.22. The van der Waals surface area contributed by atoms with Crippen LogP contribution in [-0.2, 0) is 9.53 Å². The molecule has 0 saturated heterocycles. The van der Waals surface area contributed by atoms with Gasteiger partial charge in [-0.3, -0.25) is 4.79 Å². The molecule has 0 radical (unpaired) electrons. The fraction of sp³-hybridized carbons (Fsp3) is 0.429. The zero-order chi connectivity index (χ0) is 13.0. The average molecular weight is 248 g/mol. The van der Waals surface area contributed by atoms with Crippen molar-refractivity contribution in [1.29, 1.82) is 0 Å². The Morgan fingerprint density at radius 1 is 1.22 bits per heavy atom. The van der Waals surface area contributed by atoms with Crippen LogP contribution in [0, 0.1) is 5.92 Å². The van der Waals surface area contributed by atoms with Crippen molar-refractivity contribution >= 4 is 11.8 Å². The van der Waals surface area contributed by atoms with E-state index in [1.807, 2.05) is 0 Å². The van der Waals surface area contributed by atoms with E-state index in [1.54, 1.807) is 31.2 Å². The van der Waals surface area contributed by atoms with Crippen molar-refractivity contribution in [2.24, 2.45) is 5.92 Å². The normalized spacial score (nSPS) is 14.1. The Kier molecular flexibility index (Phi) is 3.97. The van der Waals surface area contributed by atoms with Gasteiger partial charge in [0.2, 0.25) is 0 Å². The minimum atomic E-state index is -0.816. The third-order valence-electron chi connectivity index (χ3n) is 2.76. The number of ketones is 1. The molecule has 1 fully saturated rings. The molecule has 0 N–H and O–H groups in total. The van der Waals surface area contributed by atoms with Gasteiger partial charge in [-0.1, -0.05) is 0 Å². The standard InChI is InChI=1S/C14H16O4/c1-2-17-14(16)13(15)11-5-7-12(8-6-11)18-9-10-3-4-10/h5-8,10H,2-4,9H2,1H3. The Balaban J connectivity index is 1.93. The largest absolute Gasteiger partial charge is 0.493 e. The number of benzene rings is 1. The van der Waals surface area contributed by atoms with Gasteiger partial charge in [0.05, 0.1) is 13.2 Å². The van der Waals surface area contributed by atoms with Crippen molar-refractivity contribution < 1.29 is 19.1 Å². The first-order valence-corrected chi connectivity index (χ1v) is 6.15. The summed E-state index contributed by atoms with van der Waals surface area (Å²) in [5, 5.41) is 0. The van der Waals surface area contributed by atoms with Crippen LogP contribution in [0.25, 0.3) is 0 Å². The molecule has 4 heteroatoms. The number of hydrogen-bond acceptors (Lipinski definition) is 4. The van der Waals surface area contributed by atoms with E-state index in [9.17, 15) is 9.59 Å². The van der Waals surface area contributed by atoms with Crippen LogP contribution in [0.15, 0.2) is 24.3 Å². The lowest BCUT2D eigenvalue weighted by Gasteiger charge is -2.05. The maximum absolute atomic E-state index is 11.6. The van der Waals surface area contributed by atoms with Gasteiger partial charge < -0.3 is 9.47 Å². The van der Waals surface area contributed by atoms with Gasteiger partial charge in [-0.25, -0.2) is 4.79 Å². The van der Waals surface area contributed by atoms with Crippen LogP contribution in [0.5, 0.6) is 5.75 Å². The van der Waals surface area contributed by atoms with Gasteiger partial charge in [0.15, 0.2) is 0 Å². The van der Waals surface area contributed by atoms with E-state index in [0.717, 1.165) is 12.4 Å². The van der Waals surface area contributed by atoms with E-state index in [0.29, 0.717) is 11.5 Å². The summed E-state index contributed by atoms with van der Waals surface area (Å²) in [6.07, 6.45) is 2.47. The third-order valence-corrected chi connectivity index (χ3v) is 2.76. The second kappa shape index (κ2) is 5.67. The van der Waals surface area contributed by atoms with E-state index in [-0.39, 0.29) is 6.61 Å². The monoisotopic (exact) mass is 248 g/mol. The Morgan fingerprint density at radius 2 is 1.89 bits per heavy atom. The van der Waals surface area contributed by atoms with Crippen molar-refractivity contribution in [3.8, 4) is 5.75 Å². The summed E-state index contributed by atoms with van der Waals surface area (Å²) in [5.41, 5.74) is 0.326. The Hall–Kier alpha value is -1.84. The minimum Gasteiger partial charge on any atom is -0.493 e. The first-order chi connectivity index (χ1) is 8.70. The number of esters is 1. The van der Waals surface area contributed by atoms with Crippen molar-refractivity contribution in [2.45, 2.75) is 19.8 Å². The van der Waals surface area contributed by atoms with Crippen LogP contribution < -0.4 is 4.74 Å². The van der Waals surface area contributed by atoms with Crippen LogP contribution in [0.3, 0.4) is 0 Å². The minimum absolute atomic E-state index is 0.202. The van der Waals surface area contributed by atoms with Crippen molar-refractivity contribution in [3.05, 3.63) is 29.8 Å². The average Bonchev–Trinajstić information content (AvgIpc) is 3.20. The highest BCUT2D eigenvalue weighted by Crippen LogP contribution is 2.29. The van der Waals surface area contributed by atoms with Gasteiger partial charge in [-0.2, -0.15) is 0 Å². The number of Topliss-reactive ketones (excluding diaryl/α,β-unsaturated/α-hetero) is 1. The van der Waals surface area contributed by atoms with E-state index in [4.69, 9.17) is 4.74 Å². The first kappa shape index (κ1) is 12.6. The smallest absolute Gasteiger partial charge is 0.379 e. The molecule has 2 rings (SSSR count). The maximum atomic E-state index is 11.6. The van der Waals surface area contributed by atoms with Crippen LogP contribution in [-0.4, -0.2) is 25.0 Å². The van der Waals surface area contributed by atoms with E-state index in [2.05, 4.69) is 4.74 Å². The molecule has 0 amide bonds. The first-order valence-electron chi connectivity index (χ1n) is 6.15.